The summed E-state index contributed by atoms with van der Waals surface area (Å²) in [5.74, 6) is 2.13. The zero-order valence-corrected chi connectivity index (χ0v) is 15.7. The summed E-state index contributed by atoms with van der Waals surface area (Å²) in [4.78, 5) is 4.13. The summed E-state index contributed by atoms with van der Waals surface area (Å²) < 4.78 is 42.8. The number of hydrogen-bond donors (Lipinski definition) is 2. The largest absolute Gasteiger partial charge is 0.493 e. The van der Waals surface area contributed by atoms with Gasteiger partial charge in [0.1, 0.15) is 11.6 Å². The van der Waals surface area contributed by atoms with Gasteiger partial charge in [-0.05, 0) is 31.2 Å². The minimum absolute atomic E-state index is 0.0298. The maximum Gasteiger partial charge on any atom is 0.263 e. The molecule has 0 fully saturated rings. The monoisotopic (exact) mass is 390 g/mol. The summed E-state index contributed by atoms with van der Waals surface area (Å²) in [5, 5.41) is 6.81. The van der Waals surface area contributed by atoms with Crippen LogP contribution in [-0.4, -0.2) is 32.8 Å². The van der Waals surface area contributed by atoms with E-state index in [0.717, 1.165) is 0 Å². The SMILES string of the molecule is COc1ccc(S(=O)(=O)Nc2ccc(Nc3cc(C)on3)cn2)cc1OC. The molecule has 10 heteroatoms. The number of methoxy groups -OCH3 is 2. The van der Waals surface area contributed by atoms with Gasteiger partial charge in [-0.3, -0.25) is 4.72 Å². The minimum Gasteiger partial charge on any atom is -0.493 e. The van der Waals surface area contributed by atoms with Gasteiger partial charge < -0.3 is 19.3 Å². The molecule has 0 spiro atoms. The van der Waals surface area contributed by atoms with Gasteiger partial charge in [0, 0.05) is 12.1 Å². The maximum atomic E-state index is 12.6. The second kappa shape index (κ2) is 7.54. The van der Waals surface area contributed by atoms with Gasteiger partial charge in [-0.1, -0.05) is 5.16 Å². The van der Waals surface area contributed by atoms with Crippen LogP contribution in [0.3, 0.4) is 0 Å². The Morgan fingerprint density at radius 2 is 1.78 bits per heavy atom. The molecule has 142 valence electrons. The predicted molar refractivity (Wildman–Crippen MR) is 99.1 cm³/mol. The van der Waals surface area contributed by atoms with Gasteiger partial charge in [-0.25, -0.2) is 13.4 Å². The van der Waals surface area contributed by atoms with E-state index in [-0.39, 0.29) is 10.7 Å². The number of ether oxygens (including phenoxy) is 2. The Balaban J connectivity index is 1.75. The number of aromatic nitrogens is 2. The molecular formula is C17H18N4O5S. The van der Waals surface area contributed by atoms with Gasteiger partial charge in [0.25, 0.3) is 10.0 Å². The van der Waals surface area contributed by atoms with Crippen LogP contribution < -0.4 is 19.5 Å². The van der Waals surface area contributed by atoms with Crippen molar-refractivity contribution in [2.24, 2.45) is 0 Å². The molecule has 0 bridgehead atoms. The highest BCUT2D eigenvalue weighted by Crippen LogP contribution is 2.30. The van der Waals surface area contributed by atoms with E-state index < -0.39 is 10.0 Å². The van der Waals surface area contributed by atoms with Gasteiger partial charge in [0.2, 0.25) is 0 Å². The lowest BCUT2D eigenvalue weighted by atomic mass is 10.3. The van der Waals surface area contributed by atoms with Crippen LogP contribution in [0.2, 0.25) is 0 Å². The number of sulfonamides is 1. The second-order valence-corrected chi connectivity index (χ2v) is 7.18. The smallest absolute Gasteiger partial charge is 0.263 e. The molecule has 1 aromatic carbocycles. The zero-order chi connectivity index (χ0) is 19.4. The molecule has 27 heavy (non-hydrogen) atoms. The van der Waals surface area contributed by atoms with Crippen molar-refractivity contribution < 1.29 is 22.4 Å². The Labute approximate surface area is 156 Å². The first-order valence-electron chi connectivity index (χ1n) is 7.82. The molecule has 0 saturated carbocycles. The van der Waals surface area contributed by atoms with Crippen molar-refractivity contribution in [2.45, 2.75) is 11.8 Å². The van der Waals surface area contributed by atoms with E-state index in [4.69, 9.17) is 14.0 Å². The topological polar surface area (TPSA) is 116 Å². The summed E-state index contributed by atoms with van der Waals surface area (Å²) in [6.45, 7) is 1.78. The number of pyridine rings is 1. The maximum absolute atomic E-state index is 12.6. The molecule has 0 radical (unpaired) electrons. The van der Waals surface area contributed by atoms with E-state index >= 15 is 0 Å². The zero-order valence-electron chi connectivity index (χ0n) is 14.9. The third-order valence-corrected chi connectivity index (χ3v) is 4.92. The Morgan fingerprint density at radius 3 is 2.37 bits per heavy atom. The van der Waals surface area contributed by atoms with E-state index in [9.17, 15) is 8.42 Å². The first-order chi connectivity index (χ1) is 12.9. The van der Waals surface area contributed by atoms with E-state index in [1.807, 2.05) is 0 Å². The lowest BCUT2D eigenvalue weighted by Gasteiger charge is -2.11. The molecule has 2 heterocycles. The molecule has 9 nitrogen and oxygen atoms in total. The minimum atomic E-state index is -3.84. The first-order valence-corrected chi connectivity index (χ1v) is 9.31. The predicted octanol–water partition coefficient (Wildman–Crippen LogP) is 2.94. The summed E-state index contributed by atoms with van der Waals surface area (Å²) in [6.07, 6.45) is 1.48. The van der Waals surface area contributed by atoms with E-state index in [1.54, 1.807) is 19.1 Å². The van der Waals surface area contributed by atoms with Gasteiger partial charge in [-0.15, -0.1) is 0 Å². The molecule has 0 amide bonds. The lowest BCUT2D eigenvalue weighted by Crippen LogP contribution is -2.14. The van der Waals surface area contributed by atoms with Crippen LogP contribution in [0.5, 0.6) is 11.5 Å². The normalized spacial score (nSPS) is 11.1. The molecule has 2 aromatic heterocycles. The van der Waals surface area contributed by atoms with Crippen LogP contribution in [0.1, 0.15) is 5.76 Å². The van der Waals surface area contributed by atoms with Crippen LogP contribution in [0.4, 0.5) is 17.3 Å². The fourth-order valence-corrected chi connectivity index (χ4v) is 3.30. The Kier molecular flexibility index (Phi) is 5.17. The average Bonchev–Trinajstić information content (AvgIpc) is 3.07. The highest BCUT2D eigenvalue weighted by atomic mass is 32.2. The standard InChI is InChI=1S/C17H18N4O5S/c1-11-8-17(20-26-11)19-12-4-7-16(18-10-12)21-27(22,23)13-5-6-14(24-2)15(9-13)25-3/h4-10H,1-3H3,(H,18,21)(H,19,20). The fourth-order valence-electron chi connectivity index (χ4n) is 2.28. The molecule has 3 aromatic rings. The molecule has 0 aliphatic heterocycles. The number of hydrogen-bond acceptors (Lipinski definition) is 8. The summed E-state index contributed by atoms with van der Waals surface area (Å²) in [7, 11) is -0.923. The summed E-state index contributed by atoms with van der Waals surface area (Å²) in [5.41, 5.74) is 0.636. The molecular weight excluding hydrogens is 372 g/mol. The van der Waals surface area contributed by atoms with Gasteiger partial charge in [0.05, 0.1) is 31.0 Å². The Hall–Kier alpha value is -3.27. The van der Waals surface area contributed by atoms with Crippen LogP contribution in [0, 0.1) is 6.92 Å². The third kappa shape index (κ3) is 4.29. The van der Waals surface area contributed by atoms with Crippen LogP contribution >= 0.6 is 0 Å². The van der Waals surface area contributed by atoms with Crippen molar-refractivity contribution >= 4 is 27.3 Å². The molecule has 0 aliphatic carbocycles. The van der Waals surface area contributed by atoms with Crippen molar-refractivity contribution in [3.8, 4) is 11.5 Å². The van der Waals surface area contributed by atoms with E-state index in [0.29, 0.717) is 28.8 Å². The Bertz CT molecular complexity index is 1030. The average molecular weight is 390 g/mol. The van der Waals surface area contributed by atoms with Crippen LogP contribution in [0.25, 0.3) is 0 Å². The highest BCUT2D eigenvalue weighted by molar-refractivity contribution is 7.92. The van der Waals surface area contributed by atoms with Crippen molar-refractivity contribution in [2.75, 3.05) is 24.3 Å². The highest BCUT2D eigenvalue weighted by Gasteiger charge is 2.17. The molecule has 0 atom stereocenters. The van der Waals surface area contributed by atoms with Gasteiger partial charge in [-0.2, -0.15) is 0 Å². The number of nitrogens with zero attached hydrogens (tertiary/aromatic N) is 2. The van der Waals surface area contributed by atoms with Crippen molar-refractivity contribution in [3.05, 3.63) is 48.4 Å². The lowest BCUT2D eigenvalue weighted by molar-refractivity contribution is 0.354. The number of aryl methyl sites for hydroxylation is 1. The van der Waals surface area contributed by atoms with E-state index in [2.05, 4.69) is 20.2 Å². The number of benzene rings is 1. The van der Waals surface area contributed by atoms with Crippen molar-refractivity contribution in [1.82, 2.24) is 10.1 Å². The third-order valence-electron chi connectivity index (χ3n) is 3.57. The van der Waals surface area contributed by atoms with Crippen molar-refractivity contribution in [1.29, 1.82) is 0 Å². The first kappa shape index (κ1) is 18.5. The van der Waals surface area contributed by atoms with Crippen LogP contribution in [0.15, 0.2) is 52.0 Å². The molecule has 2 N–H and O–H groups in total. The van der Waals surface area contributed by atoms with Gasteiger partial charge >= 0.3 is 0 Å². The quantitative estimate of drug-likeness (QED) is 0.633. The van der Waals surface area contributed by atoms with Crippen LogP contribution in [-0.2, 0) is 10.0 Å². The molecule has 3 rings (SSSR count). The number of rotatable bonds is 7. The second-order valence-electron chi connectivity index (χ2n) is 5.50. The van der Waals surface area contributed by atoms with Crippen molar-refractivity contribution in [3.63, 3.8) is 0 Å². The summed E-state index contributed by atoms with van der Waals surface area (Å²) in [6, 6.07) is 9.26. The molecule has 0 unspecified atom stereocenters. The molecule has 0 aliphatic rings. The van der Waals surface area contributed by atoms with E-state index in [1.165, 1.54) is 44.7 Å². The Morgan fingerprint density at radius 1 is 1.00 bits per heavy atom. The summed E-state index contributed by atoms with van der Waals surface area (Å²) >= 11 is 0. The number of nitrogens with one attached hydrogen (secondary N) is 2. The molecule has 0 saturated heterocycles. The number of anilines is 3. The fraction of sp³-hybridized carbons (Fsp3) is 0.176. The van der Waals surface area contributed by atoms with Gasteiger partial charge in [0.15, 0.2) is 17.3 Å².